The highest BCUT2D eigenvalue weighted by Crippen LogP contribution is 2.56. The van der Waals surface area contributed by atoms with Crippen LogP contribution in [0.3, 0.4) is 0 Å². The van der Waals surface area contributed by atoms with E-state index in [4.69, 9.17) is 0 Å². The van der Waals surface area contributed by atoms with E-state index in [1.807, 2.05) is 32.0 Å². The fourth-order valence-corrected chi connectivity index (χ4v) is 13.5. The Balaban J connectivity index is 1.23. The molecule has 1 aliphatic heterocycles. The van der Waals surface area contributed by atoms with Crippen molar-refractivity contribution in [3.05, 3.63) is 191 Å². The lowest BCUT2D eigenvalue weighted by Crippen LogP contribution is -2.26. The van der Waals surface area contributed by atoms with Gasteiger partial charge in [0.25, 0.3) is 0 Å². The first-order valence-electron chi connectivity index (χ1n) is 27.2. The molecule has 0 unspecified atom stereocenters. The van der Waals surface area contributed by atoms with Crippen LogP contribution in [0.15, 0.2) is 152 Å². The second-order valence-electron chi connectivity index (χ2n) is 26.0. The lowest BCUT2D eigenvalue weighted by molar-refractivity contribution is -0.139. The lowest BCUT2D eigenvalue weighted by atomic mass is 9.70. The molecule has 9 aromatic carbocycles. The zero-order valence-corrected chi connectivity index (χ0v) is 46.1. The molecule has 4 bridgehead atoms. The number of benzene rings is 9. The number of halogens is 6. The van der Waals surface area contributed by atoms with Gasteiger partial charge in [0.05, 0.1) is 44.2 Å². The average Bonchev–Trinajstić information content (AvgIpc) is 2.28. The first-order valence-corrected chi connectivity index (χ1v) is 27.2. The second kappa shape index (κ2) is 15.7. The van der Waals surface area contributed by atoms with Crippen molar-refractivity contribution in [3.8, 4) is 44.5 Å². The second-order valence-corrected chi connectivity index (χ2v) is 26.0. The number of fused-ring (bicyclic) bond motifs is 16. The van der Waals surface area contributed by atoms with Crippen LogP contribution >= 0.6 is 0 Å². The van der Waals surface area contributed by atoms with E-state index < -0.39 is 28.9 Å². The number of hydrogen-bond donors (Lipinski definition) is 0. The molecular weight excluding hydrogens is 995 g/mol. The highest BCUT2D eigenvalue weighted by molar-refractivity contribution is 6.46. The molecule has 4 aromatic heterocycles. The molecule has 0 atom stereocenters. The van der Waals surface area contributed by atoms with Crippen LogP contribution in [-0.4, -0.2) is 8.80 Å². The molecule has 8 heteroatoms. The van der Waals surface area contributed by atoms with Crippen molar-refractivity contribution in [1.82, 2.24) is 8.80 Å². The predicted molar refractivity (Wildman–Crippen MR) is 316 cm³/mol. The summed E-state index contributed by atoms with van der Waals surface area (Å²) in [7, 11) is 0. The van der Waals surface area contributed by atoms with Crippen LogP contribution in [-0.2, 0) is 34.0 Å². The zero-order valence-electron chi connectivity index (χ0n) is 46.1. The molecule has 79 heavy (non-hydrogen) atoms. The smallest absolute Gasteiger partial charge is 0.307 e. The van der Waals surface area contributed by atoms with Gasteiger partial charge in [0.1, 0.15) is 0 Å². The summed E-state index contributed by atoms with van der Waals surface area (Å²) in [6, 6.07) is 48.9. The summed E-state index contributed by atoms with van der Waals surface area (Å²) in [5, 5.41) is 8.13. The summed E-state index contributed by atoms with van der Waals surface area (Å²) in [5.41, 5.74) is 13.4. The topological polar surface area (TPSA) is 8.82 Å². The molecule has 0 fully saturated rings. The number of para-hydroxylation sites is 2. The predicted octanol–water partition coefficient (Wildman–Crippen LogP) is 21.2. The Labute approximate surface area is 454 Å². The molecule has 0 radical (unpaired) electrons. The standard InChI is InChI=1S/C71H58F6N2/c1-66(2,3)43-29-40(30-44(35-43)67(4,5)6)48-19-13-21-52-60-58-51-27-25-39-34-56(51)79-63-49(41-31-45(68(7,8)9)36-46(32-41)69(10,11)61-47(39)18-15-23-54(61)71(75,76)77)20-14-22-53(63)59(65(58)79)57-50-26-24-38(33-55(50)78(62(48)52)64(57)60)37-16-12-17-42(28-37)70(72,73)74/h12-36H,1-11H3. The van der Waals surface area contributed by atoms with Gasteiger partial charge in [-0.15, -0.1) is 0 Å². The third-order valence-electron chi connectivity index (χ3n) is 17.6. The van der Waals surface area contributed by atoms with E-state index in [2.05, 4.69) is 168 Å². The lowest BCUT2D eigenvalue weighted by Gasteiger charge is -2.34. The van der Waals surface area contributed by atoms with E-state index in [1.54, 1.807) is 6.07 Å². The SMILES string of the molecule is CC(C)(C)c1cc(-c2cccc3c4c5c6ccc7cc6n6c8c(cccc8c(c8c9ccc(-c%10cccc(C(F)(F)F)c%10)cc9n(c23)c84)c56)-c2cc(C(C)(C)C)cc(c2)C(C)(C)c2c-7cccc2C(F)(F)F)cc(C(C)(C)C)c1. The van der Waals surface area contributed by atoms with E-state index in [0.29, 0.717) is 22.3 Å². The minimum absolute atomic E-state index is 0.172. The first-order chi connectivity index (χ1) is 37.1. The maximum Gasteiger partial charge on any atom is 0.416 e. The fraction of sp³-hybridized carbons (Fsp3) is 0.239. The molecule has 14 rings (SSSR count). The van der Waals surface area contributed by atoms with Crippen LogP contribution < -0.4 is 0 Å². The molecule has 0 saturated heterocycles. The molecule has 1 aliphatic rings. The number of alkyl halides is 6. The quantitative estimate of drug-likeness (QED) is 0.153. The molecule has 0 N–H and O–H groups in total. The molecular formula is C71H58F6N2. The van der Waals surface area contributed by atoms with Crippen molar-refractivity contribution in [1.29, 1.82) is 0 Å². The Kier molecular flexibility index (Phi) is 9.83. The Morgan fingerprint density at radius 1 is 0.342 bits per heavy atom. The highest BCUT2D eigenvalue weighted by atomic mass is 19.4. The monoisotopic (exact) mass is 1050 g/mol. The van der Waals surface area contributed by atoms with Crippen molar-refractivity contribution in [2.45, 2.75) is 110 Å². The number of hydrogen-bond acceptors (Lipinski definition) is 0. The summed E-state index contributed by atoms with van der Waals surface area (Å²) in [6.07, 6.45) is -9.15. The molecule has 0 aliphatic carbocycles. The molecule has 394 valence electrons. The van der Waals surface area contributed by atoms with E-state index in [1.165, 1.54) is 35.4 Å². The minimum atomic E-state index is -4.63. The number of nitrogens with zero attached hydrogens (tertiary/aromatic N) is 2. The Hall–Kier alpha value is -7.84. The maximum absolute atomic E-state index is 15.6. The summed E-state index contributed by atoms with van der Waals surface area (Å²) >= 11 is 0. The van der Waals surface area contributed by atoms with Crippen molar-refractivity contribution in [2.24, 2.45) is 0 Å². The minimum Gasteiger partial charge on any atom is -0.307 e. The molecule has 0 amide bonds. The van der Waals surface area contributed by atoms with Crippen LogP contribution in [0.5, 0.6) is 0 Å². The molecule has 0 spiro atoms. The maximum atomic E-state index is 15.6. The van der Waals surface area contributed by atoms with Crippen molar-refractivity contribution in [2.75, 3.05) is 0 Å². The summed E-state index contributed by atoms with van der Waals surface area (Å²) in [5.74, 6) is 0. The van der Waals surface area contributed by atoms with Gasteiger partial charge >= 0.3 is 12.4 Å². The summed E-state index contributed by atoms with van der Waals surface area (Å²) in [4.78, 5) is 0. The van der Waals surface area contributed by atoms with Crippen molar-refractivity contribution >= 4 is 76.2 Å². The molecule has 0 saturated carbocycles. The van der Waals surface area contributed by atoms with Gasteiger partial charge in [0.2, 0.25) is 0 Å². The average molecular weight is 1050 g/mol. The molecule has 5 heterocycles. The van der Waals surface area contributed by atoms with Crippen molar-refractivity contribution in [3.63, 3.8) is 0 Å². The Morgan fingerprint density at radius 2 is 0.772 bits per heavy atom. The van der Waals surface area contributed by atoms with Crippen LogP contribution in [0, 0.1) is 0 Å². The zero-order chi connectivity index (χ0) is 55.6. The van der Waals surface area contributed by atoms with E-state index in [9.17, 15) is 13.2 Å². The highest BCUT2D eigenvalue weighted by Gasteiger charge is 2.42. The van der Waals surface area contributed by atoms with Gasteiger partial charge in [-0.05, 0) is 108 Å². The van der Waals surface area contributed by atoms with Gasteiger partial charge in [-0.3, -0.25) is 0 Å². The summed E-state index contributed by atoms with van der Waals surface area (Å²) in [6.45, 7) is 23.7. The normalized spacial score (nSPS) is 14.5. The van der Waals surface area contributed by atoms with Crippen LogP contribution in [0.25, 0.3) is 121 Å². The van der Waals surface area contributed by atoms with Crippen molar-refractivity contribution < 1.29 is 26.3 Å². The largest absolute Gasteiger partial charge is 0.416 e. The van der Waals surface area contributed by atoms with E-state index in [-0.39, 0.29) is 21.8 Å². The van der Waals surface area contributed by atoms with Gasteiger partial charge in [0.15, 0.2) is 0 Å². The van der Waals surface area contributed by atoms with Gasteiger partial charge in [-0.2, -0.15) is 26.3 Å². The van der Waals surface area contributed by atoms with Crippen LogP contribution in [0.1, 0.15) is 115 Å². The first kappa shape index (κ1) is 49.5. The third kappa shape index (κ3) is 6.98. The van der Waals surface area contributed by atoms with Gasteiger partial charge in [0, 0.05) is 59.6 Å². The van der Waals surface area contributed by atoms with Crippen LogP contribution in [0.2, 0.25) is 0 Å². The Morgan fingerprint density at radius 3 is 1.29 bits per heavy atom. The number of rotatable bonds is 2. The fourth-order valence-electron chi connectivity index (χ4n) is 13.5. The molecule has 13 aromatic rings. The molecule has 2 nitrogen and oxygen atoms in total. The van der Waals surface area contributed by atoms with Gasteiger partial charge in [-0.25, -0.2) is 0 Å². The van der Waals surface area contributed by atoms with Gasteiger partial charge in [-0.1, -0.05) is 197 Å². The van der Waals surface area contributed by atoms with E-state index >= 15 is 13.2 Å². The Bertz CT molecular complexity index is 4730. The summed E-state index contributed by atoms with van der Waals surface area (Å²) < 4.78 is 94.8. The van der Waals surface area contributed by atoms with Crippen LogP contribution in [0.4, 0.5) is 26.3 Å². The van der Waals surface area contributed by atoms with E-state index in [0.717, 1.165) is 116 Å². The number of aromatic nitrogens is 2. The van der Waals surface area contributed by atoms with Gasteiger partial charge < -0.3 is 8.80 Å². The third-order valence-corrected chi connectivity index (χ3v) is 17.6.